The fraction of sp³-hybridized carbons (Fsp3) is 0.0625. The summed E-state index contributed by atoms with van der Waals surface area (Å²) < 4.78 is 0. The molecular formula is C16H13NO2S. The van der Waals surface area contributed by atoms with Gasteiger partial charge in [0.2, 0.25) is 0 Å². The van der Waals surface area contributed by atoms with Gasteiger partial charge in [-0.2, -0.15) is 0 Å². The summed E-state index contributed by atoms with van der Waals surface area (Å²) in [6.45, 7) is 0. The lowest BCUT2D eigenvalue weighted by Gasteiger charge is -2.15. The van der Waals surface area contributed by atoms with Crippen molar-refractivity contribution in [2.75, 3.05) is 4.90 Å². The summed E-state index contributed by atoms with van der Waals surface area (Å²) in [4.78, 5) is 2.76. The number of anilines is 1. The van der Waals surface area contributed by atoms with Gasteiger partial charge in [-0.25, -0.2) is 0 Å². The molecule has 0 bridgehead atoms. The molecule has 0 spiro atoms. The van der Waals surface area contributed by atoms with Gasteiger partial charge in [0.15, 0.2) is 0 Å². The van der Waals surface area contributed by atoms with Crippen LogP contribution in [0.1, 0.15) is 12.0 Å². The Morgan fingerprint density at radius 3 is 2.00 bits per heavy atom. The van der Waals surface area contributed by atoms with Crippen LogP contribution in [0.4, 0.5) is 5.69 Å². The standard InChI is InChI=1S/C16H13NO2S/c18-14-5-1-11(2-6-14)12-9-16(20)17(10-12)13-3-7-15(19)8-4-13/h1-8,10,18-19H,9H2. The molecule has 4 heteroatoms. The Bertz CT molecular complexity index is 675. The summed E-state index contributed by atoms with van der Waals surface area (Å²) in [5.41, 5.74) is 3.09. The van der Waals surface area contributed by atoms with Gasteiger partial charge in [0, 0.05) is 18.3 Å². The number of thiocarbonyl (C=S) groups is 1. The van der Waals surface area contributed by atoms with Crippen molar-refractivity contribution in [3.05, 3.63) is 60.3 Å². The van der Waals surface area contributed by atoms with Crippen LogP contribution in [-0.2, 0) is 0 Å². The van der Waals surface area contributed by atoms with E-state index in [0.717, 1.165) is 21.8 Å². The third kappa shape index (κ3) is 2.38. The lowest BCUT2D eigenvalue weighted by Crippen LogP contribution is -2.17. The van der Waals surface area contributed by atoms with E-state index in [-0.39, 0.29) is 11.5 Å². The van der Waals surface area contributed by atoms with Crippen LogP contribution in [0, 0.1) is 0 Å². The molecule has 0 unspecified atom stereocenters. The molecule has 0 fully saturated rings. The zero-order valence-corrected chi connectivity index (χ0v) is 11.5. The Morgan fingerprint density at radius 2 is 1.40 bits per heavy atom. The molecule has 2 aromatic carbocycles. The smallest absolute Gasteiger partial charge is 0.115 e. The molecule has 2 aromatic rings. The minimum absolute atomic E-state index is 0.238. The maximum Gasteiger partial charge on any atom is 0.115 e. The van der Waals surface area contributed by atoms with Crippen molar-refractivity contribution in [1.82, 2.24) is 0 Å². The van der Waals surface area contributed by atoms with E-state index in [2.05, 4.69) is 0 Å². The Kier molecular flexibility index (Phi) is 3.16. The summed E-state index contributed by atoms with van der Waals surface area (Å²) in [5.74, 6) is 0.493. The molecule has 3 nitrogen and oxygen atoms in total. The van der Waals surface area contributed by atoms with Crippen LogP contribution in [0.5, 0.6) is 11.5 Å². The average Bonchev–Trinajstić information content (AvgIpc) is 2.82. The van der Waals surface area contributed by atoms with Crippen molar-refractivity contribution < 1.29 is 10.2 Å². The van der Waals surface area contributed by atoms with Gasteiger partial charge in [-0.15, -0.1) is 0 Å². The number of phenolic OH excluding ortho intramolecular Hbond substituents is 2. The van der Waals surface area contributed by atoms with Crippen molar-refractivity contribution in [1.29, 1.82) is 0 Å². The quantitative estimate of drug-likeness (QED) is 0.825. The Labute approximate surface area is 122 Å². The molecule has 0 radical (unpaired) electrons. The van der Waals surface area contributed by atoms with Crippen LogP contribution in [0.2, 0.25) is 0 Å². The van der Waals surface area contributed by atoms with Crippen LogP contribution in [-0.4, -0.2) is 15.2 Å². The molecular weight excluding hydrogens is 270 g/mol. The molecule has 1 heterocycles. The van der Waals surface area contributed by atoms with Gasteiger partial charge in [-0.1, -0.05) is 24.4 Å². The summed E-state index contributed by atoms with van der Waals surface area (Å²) in [6, 6.07) is 14.0. The number of phenols is 2. The first-order valence-electron chi connectivity index (χ1n) is 6.25. The van der Waals surface area contributed by atoms with Gasteiger partial charge in [0.05, 0.1) is 4.99 Å². The lowest BCUT2D eigenvalue weighted by atomic mass is 10.1. The van der Waals surface area contributed by atoms with E-state index < -0.39 is 0 Å². The second-order valence-corrected chi connectivity index (χ2v) is 5.13. The first-order valence-corrected chi connectivity index (χ1v) is 6.65. The number of aromatic hydroxyl groups is 2. The van der Waals surface area contributed by atoms with Crippen LogP contribution in [0.25, 0.3) is 5.57 Å². The fourth-order valence-corrected chi connectivity index (χ4v) is 2.52. The van der Waals surface area contributed by atoms with Crippen molar-refractivity contribution >= 4 is 28.5 Å². The van der Waals surface area contributed by atoms with Crippen LogP contribution >= 0.6 is 12.2 Å². The minimum Gasteiger partial charge on any atom is -0.508 e. The number of hydrogen-bond acceptors (Lipinski definition) is 3. The van der Waals surface area contributed by atoms with Crippen LogP contribution < -0.4 is 4.90 Å². The molecule has 0 saturated carbocycles. The Hall–Kier alpha value is -2.33. The van der Waals surface area contributed by atoms with E-state index in [1.807, 2.05) is 35.4 Å². The van der Waals surface area contributed by atoms with Crippen LogP contribution in [0.15, 0.2) is 54.7 Å². The predicted octanol–water partition coefficient (Wildman–Crippen LogP) is 3.68. The average molecular weight is 283 g/mol. The number of nitrogens with zero attached hydrogens (tertiary/aromatic N) is 1. The molecule has 100 valence electrons. The van der Waals surface area contributed by atoms with Gasteiger partial charge < -0.3 is 15.1 Å². The van der Waals surface area contributed by atoms with Gasteiger partial charge in [0.1, 0.15) is 11.5 Å². The second kappa shape index (κ2) is 4.98. The van der Waals surface area contributed by atoms with E-state index in [9.17, 15) is 10.2 Å². The topological polar surface area (TPSA) is 43.7 Å². The SMILES string of the molecule is Oc1ccc(C2=CN(c3ccc(O)cc3)C(=S)C2)cc1. The first-order chi connectivity index (χ1) is 9.63. The zero-order valence-electron chi connectivity index (χ0n) is 10.7. The normalized spacial score (nSPS) is 14.5. The van der Waals surface area contributed by atoms with Crippen molar-refractivity contribution in [3.63, 3.8) is 0 Å². The molecule has 0 saturated heterocycles. The monoisotopic (exact) mass is 283 g/mol. The fourth-order valence-electron chi connectivity index (χ4n) is 2.21. The Morgan fingerprint density at radius 1 is 0.850 bits per heavy atom. The molecule has 20 heavy (non-hydrogen) atoms. The van der Waals surface area contributed by atoms with Crippen molar-refractivity contribution in [2.24, 2.45) is 0 Å². The maximum absolute atomic E-state index is 9.33. The summed E-state index contributed by atoms with van der Waals surface area (Å²) >= 11 is 5.42. The molecule has 1 aliphatic heterocycles. The second-order valence-electron chi connectivity index (χ2n) is 4.66. The summed E-state index contributed by atoms with van der Waals surface area (Å²) in [5, 5.41) is 18.7. The molecule has 3 rings (SSSR count). The number of hydrogen-bond donors (Lipinski definition) is 2. The van der Waals surface area contributed by atoms with E-state index in [0.29, 0.717) is 6.42 Å². The molecule has 0 aliphatic carbocycles. The van der Waals surface area contributed by atoms with E-state index in [1.165, 1.54) is 0 Å². The van der Waals surface area contributed by atoms with E-state index >= 15 is 0 Å². The lowest BCUT2D eigenvalue weighted by molar-refractivity contribution is 0.475. The van der Waals surface area contributed by atoms with Gasteiger partial charge >= 0.3 is 0 Å². The summed E-state index contributed by atoms with van der Waals surface area (Å²) in [6.07, 6.45) is 2.70. The minimum atomic E-state index is 0.238. The largest absolute Gasteiger partial charge is 0.508 e. The maximum atomic E-state index is 9.33. The van der Waals surface area contributed by atoms with Crippen LogP contribution in [0.3, 0.4) is 0 Å². The van der Waals surface area contributed by atoms with Gasteiger partial charge in [0.25, 0.3) is 0 Å². The first kappa shape index (κ1) is 12.7. The molecule has 0 aromatic heterocycles. The highest BCUT2D eigenvalue weighted by atomic mass is 32.1. The molecule has 0 amide bonds. The zero-order chi connectivity index (χ0) is 14.1. The predicted molar refractivity (Wildman–Crippen MR) is 83.9 cm³/mol. The highest BCUT2D eigenvalue weighted by Gasteiger charge is 2.20. The van der Waals surface area contributed by atoms with Gasteiger partial charge in [-0.05, 0) is 47.5 Å². The van der Waals surface area contributed by atoms with Crippen molar-refractivity contribution in [3.8, 4) is 11.5 Å². The van der Waals surface area contributed by atoms with Crippen molar-refractivity contribution in [2.45, 2.75) is 6.42 Å². The Balaban J connectivity index is 1.92. The third-order valence-electron chi connectivity index (χ3n) is 3.26. The number of benzene rings is 2. The van der Waals surface area contributed by atoms with E-state index in [4.69, 9.17) is 12.2 Å². The van der Waals surface area contributed by atoms with Gasteiger partial charge in [-0.3, -0.25) is 0 Å². The molecule has 0 atom stereocenters. The third-order valence-corrected chi connectivity index (χ3v) is 3.60. The molecule has 1 aliphatic rings. The highest BCUT2D eigenvalue weighted by Crippen LogP contribution is 2.32. The molecule has 2 N–H and O–H groups in total. The highest BCUT2D eigenvalue weighted by molar-refractivity contribution is 7.80. The summed E-state index contributed by atoms with van der Waals surface area (Å²) in [7, 11) is 0. The number of rotatable bonds is 2. The van der Waals surface area contributed by atoms with E-state index in [1.54, 1.807) is 24.3 Å².